The number of hydrogen-bond donors (Lipinski definition) is 1. The van der Waals surface area contributed by atoms with E-state index in [-0.39, 0.29) is 6.04 Å². The standard InChI is InChI=1S/C14H18ClN3/c1-10-7-12(15)3-4-14(10)18-9-11(2)17-8-13(18)5-6-16/h3-4,7,11,13,17H,5,8-9H2,1-2H3. The molecule has 0 bridgehead atoms. The largest absolute Gasteiger partial charge is 0.364 e. The second-order valence-corrected chi connectivity index (χ2v) is 5.34. The van der Waals surface area contributed by atoms with Gasteiger partial charge in [0.05, 0.1) is 18.5 Å². The average molecular weight is 264 g/mol. The monoisotopic (exact) mass is 263 g/mol. The average Bonchev–Trinajstić information content (AvgIpc) is 2.32. The Hall–Kier alpha value is -1.24. The zero-order valence-electron chi connectivity index (χ0n) is 10.8. The summed E-state index contributed by atoms with van der Waals surface area (Å²) in [6.45, 7) is 6.02. The van der Waals surface area contributed by atoms with Crippen molar-refractivity contribution < 1.29 is 0 Å². The number of rotatable bonds is 2. The third-order valence-electron chi connectivity index (χ3n) is 3.41. The predicted molar refractivity (Wildman–Crippen MR) is 75.0 cm³/mol. The molecule has 1 aliphatic heterocycles. The maximum Gasteiger partial charge on any atom is 0.0643 e. The van der Waals surface area contributed by atoms with Crippen LogP contribution < -0.4 is 10.2 Å². The van der Waals surface area contributed by atoms with Crippen LogP contribution in [0.5, 0.6) is 0 Å². The van der Waals surface area contributed by atoms with Gasteiger partial charge in [0, 0.05) is 29.8 Å². The number of nitriles is 1. The van der Waals surface area contributed by atoms with E-state index in [1.54, 1.807) is 0 Å². The highest BCUT2D eigenvalue weighted by molar-refractivity contribution is 6.30. The number of hydrogen-bond acceptors (Lipinski definition) is 3. The Labute approximate surface area is 113 Å². The summed E-state index contributed by atoms with van der Waals surface area (Å²) in [4.78, 5) is 2.33. The number of nitrogens with zero attached hydrogens (tertiary/aromatic N) is 2. The SMILES string of the molecule is Cc1cc(Cl)ccc1N1CC(C)NCC1CC#N. The van der Waals surface area contributed by atoms with E-state index in [0.29, 0.717) is 12.5 Å². The molecule has 0 aliphatic carbocycles. The molecule has 18 heavy (non-hydrogen) atoms. The number of halogens is 1. The van der Waals surface area contributed by atoms with E-state index in [4.69, 9.17) is 16.9 Å². The number of piperazine rings is 1. The van der Waals surface area contributed by atoms with Crippen molar-refractivity contribution in [1.29, 1.82) is 5.26 Å². The van der Waals surface area contributed by atoms with Crippen molar-refractivity contribution in [2.45, 2.75) is 32.4 Å². The topological polar surface area (TPSA) is 39.1 Å². The summed E-state index contributed by atoms with van der Waals surface area (Å²) in [6.07, 6.45) is 0.543. The molecule has 1 aliphatic rings. The first-order valence-electron chi connectivity index (χ1n) is 6.25. The summed E-state index contributed by atoms with van der Waals surface area (Å²) in [7, 11) is 0. The highest BCUT2D eigenvalue weighted by atomic mass is 35.5. The van der Waals surface area contributed by atoms with Crippen molar-refractivity contribution in [3.63, 3.8) is 0 Å². The fraction of sp³-hybridized carbons (Fsp3) is 0.500. The Morgan fingerprint density at radius 1 is 1.56 bits per heavy atom. The van der Waals surface area contributed by atoms with Crippen molar-refractivity contribution >= 4 is 17.3 Å². The van der Waals surface area contributed by atoms with E-state index >= 15 is 0 Å². The van der Waals surface area contributed by atoms with Crippen molar-refractivity contribution in [1.82, 2.24) is 5.32 Å². The van der Waals surface area contributed by atoms with E-state index in [0.717, 1.165) is 18.1 Å². The van der Waals surface area contributed by atoms with Crippen molar-refractivity contribution in [3.05, 3.63) is 28.8 Å². The molecule has 3 nitrogen and oxygen atoms in total. The van der Waals surface area contributed by atoms with E-state index in [9.17, 15) is 0 Å². The normalized spacial score (nSPS) is 23.8. The molecule has 1 aromatic rings. The number of aryl methyl sites for hydroxylation is 1. The van der Waals surface area contributed by atoms with E-state index in [1.807, 2.05) is 12.1 Å². The van der Waals surface area contributed by atoms with Crippen molar-refractivity contribution in [2.24, 2.45) is 0 Å². The number of anilines is 1. The van der Waals surface area contributed by atoms with Gasteiger partial charge in [-0.3, -0.25) is 0 Å². The Morgan fingerprint density at radius 2 is 2.33 bits per heavy atom. The second kappa shape index (κ2) is 5.60. The van der Waals surface area contributed by atoms with Crippen LogP contribution in [0, 0.1) is 18.3 Å². The van der Waals surface area contributed by atoms with Crippen molar-refractivity contribution in [2.75, 3.05) is 18.0 Å². The molecule has 1 N–H and O–H groups in total. The number of nitrogens with one attached hydrogen (secondary N) is 1. The van der Waals surface area contributed by atoms with E-state index in [1.165, 1.54) is 11.3 Å². The Morgan fingerprint density at radius 3 is 3.00 bits per heavy atom. The van der Waals surface area contributed by atoms with Gasteiger partial charge in [-0.15, -0.1) is 0 Å². The van der Waals surface area contributed by atoms with Crippen LogP contribution in [0.25, 0.3) is 0 Å². The molecular formula is C14H18ClN3. The van der Waals surface area contributed by atoms with Gasteiger partial charge < -0.3 is 10.2 Å². The molecule has 2 unspecified atom stereocenters. The Kier molecular flexibility index (Phi) is 4.11. The summed E-state index contributed by atoms with van der Waals surface area (Å²) >= 11 is 6.00. The van der Waals surface area contributed by atoms with Crippen LogP contribution in [0.2, 0.25) is 5.02 Å². The third-order valence-corrected chi connectivity index (χ3v) is 3.64. The molecule has 1 saturated heterocycles. The van der Waals surface area contributed by atoms with Gasteiger partial charge in [0.15, 0.2) is 0 Å². The lowest BCUT2D eigenvalue weighted by Crippen LogP contribution is -2.55. The zero-order valence-corrected chi connectivity index (χ0v) is 11.5. The third kappa shape index (κ3) is 2.77. The highest BCUT2D eigenvalue weighted by Gasteiger charge is 2.26. The lowest BCUT2D eigenvalue weighted by molar-refractivity contribution is 0.411. The maximum atomic E-state index is 8.94. The highest BCUT2D eigenvalue weighted by Crippen LogP contribution is 2.27. The van der Waals surface area contributed by atoms with Gasteiger partial charge in [-0.05, 0) is 37.6 Å². The summed E-state index contributed by atoms with van der Waals surface area (Å²) in [5.74, 6) is 0. The predicted octanol–water partition coefficient (Wildman–Crippen LogP) is 2.73. The molecule has 1 fully saturated rings. The summed E-state index contributed by atoms with van der Waals surface area (Å²) in [5.41, 5.74) is 2.35. The fourth-order valence-electron chi connectivity index (χ4n) is 2.48. The minimum absolute atomic E-state index is 0.242. The minimum Gasteiger partial charge on any atom is -0.364 e. The number of benzene rings is 1. The molecule has 96 valence electrons. The smallest absolute Gasteiger partial charge is 0.0643 e. The Balaban J connectivity index is 2.29. The van der Waals surface area contributed by atoms with Gasteiger partial charge in [-0.1, -0.05) is 11.6 Å². The van der Waals surface area contributed by atoms with Gasteiger partial charge in [0.25, 0.3) is 0 Å². The zero-order chi connectivity index (χ0) is 13.1. The molecule has 2 rings (SSSR count). The molecular weight excluding hydrogens is 246 g/mol. The van der Waals surface area contributed by atoms with Crippen molar-refractivity contribution in [3.8, 4) is 6.07 Å². The summed E-state index contributed by atoms with van der Waals surface area (Å²) in [6, 6.07) is 8.91. The Bertz CT molecular complexity index is 467. The van der Waals surface area contributed by atoms with Gasteiger partial charge in [0.1, 0.15) is 0 Å². The maximum absolute atomic E-state index is 8.94. The minimum atomic E-state index is 0.242. The molecule has 0 aromatic heterocycles. The van der Waals surface area contributed by atoms with Crippen LogP contribution in [-0.4, -0.2) is 25.2 Å². The summed E-state index contributed by atoms with van der Waals surface area (Å²) < 4.78 is 0. The molecule has 1 aromatic carbocycles. The lowest BCUT2D eigenvalue weighted by Gasteiger charge is -2.40. The van der Waals surface area contributed by atoms with Crippen LogP contribution in [0.15, 0.2) is 18.2 Å². The quantitative estimate of drug-likeness (QED) is 0.892. The fourth-order valence-corrected chi connectivity index (χ4v) is 2.71. The van der Waals surface area contributed by atoms with Gasteiger partial charge in [-0.2, -0.15) is 5.26 Å². The van der Waals surface area contributed by atoms with Gasteiger partial charge in [-0.25, -0.2) is 0 Å². The van der Waals surface area contributed by atoms with Crippen LogP contribution in [0.4, 0.5) is 5.69 Å². The molecule has 0 amide bonds. The second-order valence-electron chi connectivity index (χ2n) is 4.91. The van der Waals surface area contributed by atoms with Crippen LogP contribution in [-0.2, 0) is 0 Å². The molecule has 0 radical (unpaired) electrons. The molecule has 2 atom stereocenters. The van der Waals surface area contributed by atoms with Crippen LogP contribution >= 0.6 is 11.6 Å². The first kappa shape index (κ1) is 13.2. The first-order chi connectivity index (χ1) is 8.61. The lowest BCUT2D eigenvalue weighted by atomic mass is 10.0. The van der Waals surface area contributed by atoms with Gasteiger partial charge >= 0.3 is 0 Å². The molecule has 0 saturated carbocycles. The molecule has 1 heterocycles. The summed E-state index contributed by atoms with van der Waals surface area (Å²) in [5, 5.41) is 13.1. The van der Waals surface area contributed by atoms with Crippen LogP contribution in [0.3, 0.4) is 0 Å². The van der Waals surface area contributed by atoms with E-state index < -0.39 is 0 Å². The molecule has 4 heteroatoms. The first-order valence-corrected chi connectivity index (χ1v) is 6.62. The van der Waals surface area contributed by atoms with E-state index in [2.05, 4.69) is 36.2 Å². The van der Waals surface area contributed by atoms with Gasteiger partial charge in [0.2, 0.25) is 0 Å². The molecule has 0 spiro atoms. The van der Waals surface area contributed by atoms with Crippen LogP contribution in [0.1, 0.15) is 18.9 Å².